The van der Waals surface area contributed by atoms with Crippen molar-refractivity contribution in [2.24, 2.45) is 0 Å². The summed E-state index contributed by atoms with van der Waals surface area (Å²) in [5.41, 5.74) is 0. The molecule has 0 radical (unpaired) electrons. The Morgan fingerprint density at radius 1 is 0.556 bits per heavy atom. The van der Waals surface area contributed by atoms with E-state index < -0.39 is 0 Å². The van der Waals surface area contributed by atoms with E-state index in [2.05, 4.69) is 66.3 Å². The maximum absolute atomic E-state index is 2.72. The molecule has 0 bridgehead atoms. The topological polar surface area (TPSA) is 16.2 Å². The zero-order valence-electron chi connectivity index (χ0n) is 18.5. The van der Waals surface area contributed by atoms with E-state index >= 15 is 0 Å². The first-order valence-electron chi connectivity index (χ1n) is 11.0. The Hall–Kier alpha value is -0.200. The number of hydrogen-bond donors (Lipinski definition) is 0. The number of hydrogen-bond acceptors (Lipinski definition) is 5. The van der Waals surface area contributed by atoms with Gasteiger partial charge in [0.1, 0.15) is 0 Å². The Morgan fingerprint density at radius 2 is 0.926 bits per heavy atom. The van der Waals surface area contributed by atoms with Crippen molar-refractivity contribution in [2.45, 2.75) is 66.1 Å². The zero-order valence-corrected chi connectivity index (χ0v) is 18.5. The summed E-state index contributed by atoms with van der Waals surface area (Å²) in [7, 11) is 4.43. The molecular formula is C22H49N5. The number of piperidine rings is 1. The lowest BCUT2D eigenvalue weighted by atomic mass is 10.0. The van der Waals surface area contributed by atoms with Gasteiger partial charge in [0.05, 0.1) is 0 Å². The highest BCUT2D eigenvalue weighted by Crippen LogP contribution is 2.19. The van der Waals surface area contributed by atoms with Crippen LogP contribution < -0.4 is 0 Å². The summed E-state index contributed by atoms with van der Waals surface area (Å²) in [5.74, 6) is 0. The summed E-state index contributed by atoms with van der Waals surface area (Å²) in [6.07, 6.45) is 2.75. The Morgan fingerprint density at radius 3 is 1.33 bits per heavy atom. The van der Waals surface area contributed by atoms with Gasteiger partial charge in [-0.05, 0) is 67.7 Å². The molecule has 0 amide bonds. The number of piperazine rings is 2. The molecule has 3 saturated heterocycles. The fraction of sp³-hybridized carbons (Fsp3) is 1.00. The molecule has 162 valence electrons. The highest BCUT2D eigenvalue weighted by Gasteiger charge is 2.27. The highest BCUT2D eigenvalue weighted by molar-refractivity contribution is 4.83. The minimum absolute atomic E-state index is 0. The third-order valence-corrected chi connectivity index (χ3v) is 6.55. The van der Waals surface area contributed by atoms with Crippen molar-refractivity contribution in [2.75, 3.05) is 79.5 Å². The van der Waals surface area contributed by atoms with E-state index in [9.17, 15) is 0 Å². The van der Waals surface area contributed by atoms with Gasteiger partial charge in [-0.3, -0.25) is 9.80 Å². The van der Waals surface area contributed by atoms with Crippen LogP contribution in [0.5, 0.6) is 0 Å². The Labute approximate surface area is 170 Å². The molecule has 3 rings (SSSR count). The molecule has 27 heavy (non-hydrogen) atoms. The maximum atomic E-state index is 2.72. The third kappa shape index (κ3) is 8.36. The van der Waals surface area contributed by atoms with Gasteiger partial charge in [-0.15, -0.1) is 0 Å². The van der Waals surface area contributed by atoms with Crippen molar-refractivity contribution >= 4 is 0 Å². The summed E-state index contributed by atoms with van der Waals surface area (Å²) in [4.78, 5) is 12.7. The SMILES string of the molecule is C.CC(C)N1CCC(N2CCN(C)CC2)CC1.CC(C)N1CCN(C)CC1. The molecule has 0 unspecified atom stereocenters. The lowest BCUT2D eigenvalue weighted by Crippen LogP contribution is -2.53. The Bertz CT molecular complexity index is 363. The normalized spacial score (nSPS) is 25.3. The number of likely N-dealkylation sites (N-methyl/N-ethyl adjacent to an activating group) is 2. The molecule has 3 fully saturated rings. The molecule has 3 aliphatic rings. The van der Waals surface area contributed by atoms with Crippen LogP contribution in [0.15, 0.2) is 0 Å². The average Bonchev–Trinajstić information content (AvgIpc) is 2.63. The van der Waals surface area contributed by atoms with E-state index in [1.54, 1.807) is 0 Å². The van der Waals surface area contributed by atoms with Crippen molar-refractivity contribution in [3.05, 3.63) is 0 Å². The number of nitrogens with zero attached hydrogens (tertiary/aromatic N) is 5. The van der Waals surface area contributed by atoms with Crippen LogP contribution in [0, 0.1) is 0 Å². The number of likely N-dealkylation sites (tertiary alicyclic amines) is 1. The summed E-state index contributed by atoms with van der Waals surface area (Å²) < 4.78 is 0. The van der Waals surface area contributed by atoms with Crippen LogP contribution in [0.1, 0.15) is 48.0 Å². The van der Waals surface area contributed by atoms with Gasteiger partial charge in [0, 0.05) is 70.5 Å². The monoisotopic (exact) mass is 383 g/mol. The van der Waals surface area contributed by atoms with Gasteiger partial charge >= 0.3 is 0 Å². The van der Waals surface area contributed by atoms with Crippen molar-refractivity contribution in [3.8, 4) is 0 Å². The van der Waals surface area contributed by atoms with Gasteiger partial charge in [-0.25, -0.2) is 0 Å². The molecule has 0 spiro atoms. The Kier molecular flexibility index (Phi) is 11.4. The molecule has 3 aliphatic heterocycles. The molecule has 0 aliphatic carbocycles. The summed E-state index contributed by atoms with van der Waals surface area (Å²) in [5, 5.41) is 0. The van der Waals surface area contributed by atoms with Crippen LogP contribution in [-0.4, -0.2) is 122 Å². The van der Waals surface area contributed by atoms with E-state index in [1.165, 1.54) is 78.3 Å². The first kappa shape index (κ1) is 24.8. The van der Waals surface area contributed by atoms with Crippen LogP contribution >= 0.6 is 0 Å². The second-order valence-corrected chi connectivity index (χ2v) is 9.13. The molecule has 5 nitrogen and oxygen atoms in total. The molecule has 0 N–H and O–H groups in total. The lowest BCUT2D eigenvalue weighted by molar-refractivity contribution is 0.0592. The summed E-state index contributed by atoms with van der Waals surface area (Å²) >= 11 is 0. The second kappa shape index (κ2) is 12.4. The van der Waals surface area contributed by atoms with Crippen molar-refractivity contribution in [1.29, 1.82) is 0 Å². The van der Waals surface area contributed by atoms with Crippen molar-refractivity contribution in [1.82, 2.24) is 24.5 Å². The molecule has 0 atom stereocenters. The van der Waals surface area contributed by atoms with E-state index in [0.29, 0.717) is 0 Å². The predicted molar refractivity (Wildman–Crippen MR) is 120 cm³/mol. The summed E-state index contributed by atoms with van der Waals surface area (Å²) in [6, 6.07) is 2.32. The third-order valence-electron chi connectivity index (χ3n) is 6.55. The number of rotatable bonds is 3. The highest BCUT2D eigenvalue weighted by atomic mass is 15.3. The maximum Gasteiger partial charge on any atom is 0.0121 e. The predicted octanol–water partition coefficient (Wildman–Crippen LogP) is 2.38. The van der Waals surface area contributed by atoms with E-state index in [0.717, 1.165) is 18.1 Å². The molecule has 0 aromatic carbocycles. The van der Waals surface area contributed by atoms with Crippen LogP contribution in [0.2, 0.25) is 0 Å². The molecule has 0 aromatic rings. The minimum atomic E-state index is 0. The van der Waals surface area contributed by atoms with Crippen LogP contribution in [0.25, 0.3) is 0 Å². The van der Waals surface area contributed by atoms with E-state index in [-0.39, 0.29) is 7.43 Å². The van der Waals surface area contributed by atoms with E-state index in [4.69, 9.17) is 0 Å². The molecule has 3 heterocycles. The summed E-state index contributed by atoms with van der Waals surface area (Å²) in [6.45, 7) is 21.8. The lowest BCUT2D eigenvalue weighted by Gasteiger charge is -2.43. The molecular weight excluding hydrogens is 334 g/mol. The smallest absolute Gasteiger partial charge is 0.0121 e. The fourth-order valence-electron chi connectivity index (χ4n) is 4.29. The second-order valence-electron chi connectivity index (χ2n) is 9.13. The molecule has 5 heteroatoms. The average molecular weight is 384 g/mol. The van der Waals surface area contributed by atoms with Gasteiger partial charge in [-0.2, -0.15) is 0 Å². The largest absolute Gasteiger partial charge is 0.304 e. The van der Waals surface area contributed by atoms with Crippen molar-refractivity contribution < 1.29 is 0 Å². The fourth-order valence-corrected chi connectivity index (χ4v) is 4.29. The van der Waals surface area contributed by atoms with Crippen LogP contribution in [-0.2, 0) is 0 Å². The zero-order chi connectivity index (χ0) is 19.1. The van der Waals surface area contributed by atoms with Gasteiger partial charge in [0.2, 0.25) is 0 Å². The Balaban J connectivity index is 0.000000288. The molecule has 0 aromatic heterocycles. The first-order chi connectivity index (χ1) is 12.4. The van der Waals surface area contributed by atoms with Crippen LogP contribution in [0.4, 0.5) is 0 Å². The first-order valence-corrected chi connectivity index (χ1v) is 11.0. The van der Waals surface area contributed by atoms with E-state index in [1.807, 2.05) is 0 Å². The van der Waals surface area contributed by atoms with Crippen molar-refractivity contribution in [3.63, 3.8) is 0 Å². The standard InChI is InChI=1S/C13H27N3.C8H18N2.CH4/c1-12(2)15-6-4-13(5-7-15)16-10-8-14(3)9-11-16;1-8(2)10-6-4-9(3)5-7-10;/h12-13H,4-11H2,1-3H3;8H,4-7H2,1-3H3;1H4. The van der Waals surface area contributed by atoms with Gasteiger partial charge in [0.25, 0.3) is 0 Å². The van der Waals surface area contributed by atoms with Gasteiger partial charge in [0.15, 0.2) is 0 Å². The quantitative estimate of drug-likeness (QED) is 0.742. The van der Waals surface area contributed by atoms with Gasteiger partial charge < -0.3 is 14.7 Å². The minimum Gasteiger partial charge on any atom is -0.304 e. The van der Waals surface area contributed by atoms with Crippen LogP contribution in [0.3, 0.4) is 0 Å². The van der Waals surface area contributed by atoms with Gasteiger partial charge in [-0.1, -0.05) is 7.43 Å². The molecule has 0 saturated carbocycles.